The second-order valence-corrected chi connectivity index (χ2v) is 7.95. The van der Waals surface area contributed by atoms with Crippen molar-refractivity contribution in [3.8, 4) is 0 Å². The number of carbonyl (C=O) groups excluding carboxylic acids is 1. The van der Waals surface area contributed by atoms with Gasteiger partial charge in [0.15, 0.2) is 0 Å². The molecule has 0 spiro atoms. The zero-order valence-corrected chi connectivity index (χ0v) is 15.8. The summed E-state index contributed by atoms with van der Waals surface area (Å²) in [5.74, 6) is 0.216. The summed E-state index contributed by atoms with van der Waals surface area (Å²) in [7, 11) is -3.69. The lowest BCUT2D eigenvalue weighted by Crippen LogP contribution is -2.23. The lowest BCUT2D eigenvalue weighted by atomic mass is 10.1. The van der Waals surface area contributed by atoms with Crippen molar-refractivity contribution in [3.63, 3.8) is 0 Å². The molecule has 0 saturated heterocycles. The van der Waals surface area contributed by atoms with Crippen molar-refractivity contribution in [1.29, 1.82) is 0 Å². The fourth-order valence-corrected chi connectivity index (χ4v) is 3.46. The molecule has 0 atom stereocenters. The van der Waals surface area contributed by atoms with Gasteiger partial charge in [0.25, 0.3) is 5.91 Å². The maximum atomic E-state index is 12.4. The molecule has 2 N–H and O–H groups in total. The number of nitrogens with one attached hydrogen (secondary N) is 2. The highest BCUT2D eigenvalue weighted by Gasteiger charge is 2.15. The first-order valence-corrected chi connectivity index (χ1v) is 9.84. The highest BCUT2D eigenvalue weighted by molar-refractivity contribution is 7.89. The monoisotopic (exact) mass is 384 g/mol. The second-order valence-electron chi connectivity index (χ2n) is 6.18. The molecule has 3 rings (SSSR count). The second kappa shape index (κ2) is 7.77. The topological polar surface area (TPSA) is 88.4 Å². The van der Waals surface area contributed by atoms with Gasteiger partial charge in [-0.3, -0.25) is 4.79 Å². The first-order chi connectivity index (χ1) is 12.8. The van der Waals surface area contributed by atoms with Crippen molar-refractivity contribution >= 4 is 21.6 Å². The minimum absolute atomic E-state index is 0.0599. The first kappa shape index (κ1) is 18.9. The third kappa shape index (κ3) is 4.64. The molecule has 0 aliphatic carbocycles. The molecular formula is C20H20N2O4S. The Kier molecular flexibility index (Phi) is 5.43. The Balaban J connectivity index is 1.68. The highest BCUT2D eigenvalue weighted by atomic mass is 32.2. The Morgan fingerprint density at radius 2 is 1.74 bits per heavy atom. The van der Waals surface area contributed by atoms with Crippen LogP contribution in [0.5, 0.6) is 0 Å². The summed E-state index contributed by atoms with van der Waals surface area (Å²) in [4.78, 5) is 12.4. The van der Waals surface area contributed by atoms with E-state index < -0.39 is 10.0 Å². The summed E-state index contributed by atoms with van der Waals surface area (Å²) >= 11 is 0. The van der Waals surface area contributed by atoms with Crippen LogP contribution in [-0.4, -0.2) is 14.3 Å². The highest BCUT2D eigenvalue weighted by Crippen LogP contribution is 2.16. The minimum atomic E-state index is -3.69. The third-order valence-electron chi connectivity index (χ3n) is 4.21. The van der Waals surface area contributed by atoms with Gasteiger partial charge in [0, 0.05) is 11.3 Å². The number of rotatable bonds is 6. The van der Waals surface area contributed by atoms with Crippen LogP contribution < -0.4 is 10.0 Å². The molecular weight excluding hydrogens is 364 g/mol. The zero-order valence-electron chi connectivity index (χ0n) is 15.0. The van der Waals surface area contributed by atoms with Gasteiger partial charge in [-0.2, -0.15) is 0 Å². The van der Waals surface area contributed by atoms with E-state index in [2.05, 4.69) is 10.0 Å². The molecule has 0 radical (unpaired) electrons. The number of aryl methyl sites for hydroxylation is 2. The molecule has 140 valence electrons. The van der Waals surface area contributed by atoms with Crippen molar-refractivity contribution in [3.05, 3.63) is 83.3 Å². The number of anilines is 1. The molecule has 0 unspecified atom stereocenters. The maximum Gasteiger partial charge on any atom is 0.255 e. The molecule has 3 aromatic rings. The maximum absolute atomic E-state index is 12.4. The van der Waals surface area contributed by atoms with Crippen molar-refractivity contribution in [1.82, 2.24) is 4.72 Å². The van der Waals surface area contributed by atoms with Gasteiger partial charge >= 0.3 is 0 Å². The van der Waals surface area contributed by atoms with Gasteiger partial charge in [-0.15, -0.1) is 0 Å². The quantitative estimate of drug-likeness (QED) is 0.679. The van der Waals surface area contributed by atoms with E-state index in [0.717, 1.165) is 11.1 Å². The summed E-state index contributed by atoms with van der Waals surface area (Å²) in [6, 6.07) is 14.8. The summed E-state index contributed by atoms with van der Waals surface area (Å²) in [6.07, 6.45) is 1.48. The number of hydrogen-bond acceptors (Lipinski definition) is 4. The number of amides is 1. The van der Waals surface area contributed by atoms with E-state index in [4.69, 9.17) is 4.42 Å². The van der Waals surface area contributed by atoms with Gasteiger partial charge in [0.2, 0.25) is 10.0 Å². The summed E-state index contributed by atoms with van der Waals surface area (Å²) < 4.78 is 32.2. The normalized spacial score (nSPS) is 11.3. The molecule has 27 heavy (non-hydrogen) atoms. The fraction of sp³-hybridized carbons (Fsp3) is 0.150. The van der Waals surface area contributed by atoms with Gasteiger partial charge in [-0.1, -0.05) is 6.07 Å². The van der Waals surface area contributed by atoms with Gasteiger partial charge in [-0.05, 0) is 73.5 Å². The predicted molar refractivity (Wildman–Crippen MR) is 103 cm³/mol. The summed E-state index contributed by atoms with van der Waals surface area (Å²) in [5.41, 5.74) is 3.29. The standard InChI is InChI=1S/C20H20N2O4S/c1-14-5-8-17(12-15(14)2)22-20(23)16-6-9-19(10-7-16)27(24,25)21-13-18-4-3-11-26-18/h3-12,21H,13H2,1-2H3,(H,22,23). The van der Waals surface area contributed by atoms with Crippen molar-refractivity contribution < 1.29 is 17.6 Å². The van der Waals surface area contributed by atoms with E-state index in [-0.39, 0.29) is 17.3 Å². The van der Waals surface area contributed by atoms with Crippen LogP contribution >= 0.6 is 0 Å². The average molecular weight is 384 g/mol. The summed E-state index contributed by atoms with van der Waals surface area (Å²) in [5, 5.41) is 2.81. The van der Waals surface area contributed by atoms with E-state index in [0.29, 0.717) is 17.0 Å². The van der Waals surface area contributed by atoms with Crippen LogP contribution in [0.15, 0.2) is 70.2 Å². The van der Waals surface area contributed by atoms with Crippen LogP contribution in [0.3, 0.4) is 0 Å². The van der Waals surface area contributed by atoms with E-state index in [9.17, 15) is 13.2 Å². The molecule has 7 heteroatoms. The zero-order chi connectivity index (χ0) is 19.4. The van der Waals surface area contributed by atoms with E-state index in [1.807, 2.05) is 32.0 Å². The Morgan fingerprint density at radius 3 is 2.37 bits per heavy atom. The van der Waals surface area contributed by atoms with Crippen LogP contribution in [-0.2, 0) is 16.6 Å². The molecule has 0 aliphatic heterocycles. The minimum Gasteiger partial charge on any atom is -0.468 e. The number of furan rings is 1. The average Bonchev–Trinajstić information content (AvgIpc) is 3.17. The molecule has 1 amide bonds. The number of hydrogen-bond donors (Lipinski definition) is 2. The lowest BCUT2D eigenvalue weighted by Gasteiger charge is -2.09. The molecule has 1 heterocycles. The first-order valence-electron chi connectivity index (χ1n) is 8.36. The summed E-state index contributed by atoms with van der Waals surface area (Å²) in [6.45, 7) is 4.03. The molecule has 0 saturated carbocycles. The Hall–Kier alpha value is -2.90. The van der Waals surface area contributed by atoms with E-state index >= 15 is 0 Å². The lowest BCUT2D eigenvalue weighted by molar-refractivity contribution is 0.102. The van der Waals surface area contributed by atoms with Crippen molar-refractivity contribution in [2.24, 2.45) is 0 Å². The Morgan fingerprint density at radius 1 is 1.00 bits per heavy atom. The molecule has 0 aliphatic rings. The molecule has 1 aromatic heterocycles. The van der Waals surface area contributed by atoms with Crippen LogP contribution in [0.4, 0.5) is 5.69 Å². The smallest absolute Gasteiger partial charge is 0.255 e. The Labute approximate surface area is 158 Å². The largest absolute Gasteiger partial charge is 0.468 e. The Bertz CT molecular complexity index is 1040. The van der Waals surface area contributed by atoms with Crippen molar-refractivity contribution in [2.75, 3.05) is 5.32 Å². The molecule has 6 nitrogen and oxygen atoms in total. The fourth-order valence-electron chi connectivity index (χ4n) is 2.47. The van der Waals surface area contributed by atoms with Gasteiger partial charge < -0.3 is 9.73 Å². The van der Waals surface area contributed by atoms with Crippen LogP contribution in [0.2, 0.25) is 0 Å². The van der Waals surface area contributed by atoms with E-state index in [1.165, 1.54) is 30.5 Å². The number of sulfonamides is 1. The van der Waals surface area contributed by atoms with Crippen LogP contribution in [0.1, 0.15) is 27.2 Å². The third-order valence-corrected chi connectivity index (χ3v) is 5.63. The van der Waals surface area contributed by atoms with Crippen molar-refractivity contribution in [2.45, 2.75) is 25.3 Å². The molecule has 0 fully saturated rings. The predicted octanol–water partition coefficient (Wildman–Crippen LogP) is 3.63. The molecule has 0 bridgehead atoms. The number of carbonyl (C=O) groups is 1. The van der Waals surface area contributed by atoms with Gasteiger partial charge in [0.1, 0.15) is 5.76 Å². The number of benzene rings is 2. The van der Waals surface area contributed by atoms with Crippen LogP contribution in [0, 0.1) is 13.8 Å². The van der Waals surface area contributed by atoms with E-state index in [1.54, 1.807) is 12.1 Å². The SMILES string of the molecule is Cc1ccc(NC(=O)c2ccc(S(=O)(=O)NCc3ccco3)cc2)cc1C. The molecule has 2 aromatic carbocycles. The van der Waals surface area contributed by atoms with Crippen LogP contribution in [0.25, 0.3) is 0 Å². The van der Waals surface area contributed by atoms with Gasteiger partial charge in [0.05, 0.1) is 17.7 Å². The van der Waals surface area contributed by atoms with Gasteiger partial charge in [-0.25, -0.2) is 13.1 Å².